The summed E-state index contributed by atoms with van der Waals surface area (Å²) >= 11 is 0. The summed E-state index contributed by atoms with van der Waals surface area (Å²) in [7, 11) is 0. The van der Waals surface area contributed by atoms with Gasteiger partial charge in [0.25, 0.3) is 0 Å². The lowest BCUT2D eigenvalue weighted by atomic mass is 9.73. The Bertz CT molecular complexity index is 393. The van der Waals surface area contributed by atoms with Crippen LogP contribution in [0.3, 0.4) is 0 Å². The van der Waals surface area contributed by atoms with Gasteiger partial charge in [-0.3, -0.25) is 0 Å². The molecule has 2 aliphatic carbocycles. The molecule has 2 aliphatic rings. The largest absolute Gasteiger partial charge is 0.392 e. The molecule has 0 amide bonds. The van der Waals surface area contributed by atoms with E-state index in [-0.39, 0.29) is 11.5 Å². The number of hydrogen-bond donors (Lipinski definition) is 1. The number of aliphatic hydroxyl groups excluding tert-OH is 1. The molecule has 1 nitrogen and oxygen atoms in total. The van der Waals surface area contributed by atoms with Crippen LogP contribution >= 0.6 is 0 Å². The monoisotopic (exact) mass is 244 g/mol. The van der Waals surface area contributed by atoms with E-state index in [2.05, 4.69) is 37.3 Å². The van der Waals surface area contributed by atoms with Crippen LogP contribution < -0.4 is 0 Å². The molecule has 1 N–H and O–H groups in total. The maximum Gasteiger partial charge on any atom is 0.0665 e. The average Bonchev–Trinajstić information content (AvgIpc) is 3.20. The Morgan fingerprint density at radius 2 is 1.89 bits per heavy atom. The van der Waals surface area contributed by atoms with E-state index in [1.54, 1.807) is 0 Å². The quantitative estimate of drug-likeness (QED) is 0.855. The third-order valence-electron chi connectivity index (χ3n) is 5.13. The van der Waals surface area contributed by atoms with Crippen molar-refractivity contribution >= 4 is 0 Å². The topological polar surface area (TPSA) is 20.2 Å². The van der Waals surface area contributed by atoms with E-state index in [0.717, 1.165) is 5.92 Å². The van der Waals surface area contributed by atoms with Crippen molar-refractivity contribution in [2.45, 2.75) is 57.0 Å². The van der Waals surface area contributed by atoms with Gasteiger partial charge in [-0.2, -0.15) is 0 Å². The Hall–Kier alpha value is -0.820. The van der Waals surface area contributed by atoms with Crippen LogP contribution in [0.2, 0.25) is 0 Å². The molecule has 3 atom stereocenters. The molecule has 0 heterocycles. The third kappa shape index (κ3) is 2.09. The first-order chi connectivity index (χ1) is 8.72. The molecular weight excluding hydrogens is 220 g/mol. The molecule has 0 spiro atoms. The third-order valence-corrected chi connectivity index (χ3v) is 5.13. The molecule has 2 saturated carbocycles. The van der Waals surface area contributed by atoms with Crippen molar-refractivity contribution in [3.8, 4) is 0 Å². The molecule has 1 aromatic rings. The van der Waals surface area contributed by atoms with Gasteiger partial charge in [-0.15, -0.1) is 0 Å². The van der Waals surface area contributed by atoms with Gasteiger partial charge in [0.15, 0.2) is 0 Å². The van der Waals surface area contributed by atoms with E-state index in [1.165, 1.54) is 44.1 Å². The Balaban J connectivity index is 1.78. The summed E-state index contributed by atoms with van der Waals surface area (Å²) in [6.45, 7) is 2.33. The Morgan fingerprint density at radius 1 is 1.17 bits per heavy atom. The molecule has 18 heavy (non-hydrogen) atoms. The molecule has 0 saturated heterocycles. The summed E-state index contributed by atoms with van der Waals surface area (Å²) in [6, 6.07) is 10.7. The Labute approximate surface area is 110 Å². The molecule has 3 unspecified atom stereocenters. The summed E-state index contributed by atoms with van der Waals surface area (Å²) in [6.07, 6.45) is 7.31. The van der Waals surface area contributed by atoms with Gasteiger partial charge in [-0.25, -0.2) is 0 Å². The minimum atomic E-state index is -0.123. The highest BCUT2D eigenvalue weighted by atomic mass is 16.3. The minimum absolute atomic E-state index is 0.100. The lowest BCUT2D eigenvalue weighted by molar-refractivity contribution is 0.0403. The molecule has 0 aliphatic heterocycles. The molecule has 98 valence electrons. The summed E-state index contributed by atoms with van der Waals surface area (Å²) in [5, 5.41) is 10.8. The fraction of sp³-hybridized carbons (Fsp3) is 0.647. The van der Waals surface area contributed by atoms with Crippen LogP contribution in [-0.4, -0.2) is 11.2 Å². The van der Waals surface area contributed by atoms with Gasteiger partial charge in [0.2, 0.25) is 0 Å². The summed E-state index contributed by atoms with van der Waals surface area (Å²) in [4.78, 5) is 0. The van der Waals surface area contributed by atoms with Crippen molar-refractivity contribution in [1.82, 2.24) is 0 Å². The van der Waals surface area contributed by atoms with Gasteiger partial charge in [0.1, 0.15) is 0 Å². The van der Waals surface area contributed by atoms with Crippen molar-refractivity contribution in [3.05, 3.63) is 35.9 Å². The lowest BCUT2D eigenvalue weighted by Crippen LogP contribution is -2.36. The SMILES string of the molecule is CC1CCCC(C(O)C2(c3ccccc3)CC2)C1. The van der Waals surface area contributed by atoms with Crippen molar-refractivity contribution in [3.63, 3.8) is 0 Å². The number of rotatable bonds is 3. The summed E-state index contributed by atoms with van der Waals surface area (Å²) < 4.78 is 0. The molecule has 2 fully saturated rings. The Morgan fingerprint density at radius 3 is 2.50 bits per heavy atom. The highest BCUT2D eigenvalue weighted by molar-refractivity contribution is 5.33. The molecule has 1 heteroatoms. The van der Waals surface area contributed by atoms with E-state index in [9.17, 15) is 5.11 Å². The zero-order valence-corrected chi connectivity index (χ0v) is 11.3. The van der Waals surface area contributed by atoms with E-state index < -0.39 is 0 Å². The molecule has 0 aromatic heterocycles. The summed E-state index contributed by atoms with van der Waals surface area (Å²) in [5.41, 5.74) is 1.46. The molecular formula is C17H24O. The van der Waals surface area contributed by atoms with Crippen LogP contribution in [0.5, 0.6) is 0 Å². The van der Waals surface area contributed by atoms with E-state index >= 15 is 0 Å². The molecule has 0 radical (unpaired) electrons. The summed E-state index contributed by atoms with van der Waals surface area (Å²) in [5.74, 6) is 1.32. The van der Waals surface area contributed by atoms with Gasteiger partial charge in [-0.1, -0.05) is 50.1 Å². The van der Waals surface area contributed by atoms with Crippen molar-refractivity contribution < 1.29 is 5.11 Å². The molecule has 1 aromatic carbocycles. The predicted octanol–water partition coefficient (Wildman–Crippen LogP) is 3.91. The van der Waals surface area contributed by atoms with Crippen LogP contribution in [0.25, 0.3) is 0 Å². The van der Waals surface area contributed by atoms with Gasteiger partial charge >= 0.3 is 0 Å². The van der Waals surface area contributed by atoms with Gasteiger partial charge in [0.05, 0.1) is 6.10 Å². The number of benzene rings is 1. The highest BCUT2D eigenvalue weighted by Crippen LogP contribution is 2.54. The van der Waals surface area contributed by atoms with Crippen LogP contribution in [0.4, 0.5) is 0 Å². The van der Waals surface area contributed by atoms with Crippen LogP contribution in [-0.2, 0) is 5.41 Å². The normalized spacial score (nSPS) is 31.9. The van der Waals surface area contributed by atoms with Crippen molar-refractivity contribution in [1.29, 1.82) is 0 Å². The second kappa shape index (κ2) is 4.70. The van der Waals surface area contributed by atoms with E-state index in [1.807, 2.05) is 0 Å². The highest BCUT2D eigenvalue weighted by Gasteiger charge is 2.52. The molecule has 0 bridgehead atoms. The van der Waals surface area contributed by atoms with Gasteiger partial charge < -0.3 is 5.11 Å². The average molecular weight is 244 g/mol. The predicted molar refractivity (Wildman–Crippen MR) is 74.5 cm³/mol. The second-order valence-corrected chi connectivity index (χ2v) is 6.50. The first-order valence-electron chi connectivity index (χ1n) is 7.46. The first kappa shape index (κ1) is 12.2. The first-order valence-corrected chi connectivity index (χ1v) is 7.46. The second-order valence-electron chi connectivity index (χ2n) is 6.50. The maximum atomic E-state index is 10.8. The van der Waals surface area contributed by atoms with E-state index in [4.69, 9.17) is 0 Å². The minimum Gasteiger partial charge on any atom is -0.392 e. The van der Waals surface area contributed by atoms with Crippen molar-refractivity contribution in [2.24, 2.45) is 11.8 Å². The van der Waals surface area contributed by atoms with Crippen molar-refractivity contribution in [2.75, 3.05) is 0 Å². The van der Waals surface area contributed by atoms with Crippen LogP contribution in [0.15, 0.2) is 30.3 Å². The number of aliphatic hydroxyl groups is 1. The zero-order valence-electron chi connectivity index (χ0n) is 11.3. The van der Waals surface area contributed by atoms with Crippen LogP contribution in [0, 0.1) is 11.8 Å². The fourth-order valence-electron chi connectivity index (χ4n) is 3.88. The van der Waals surface area contributed by atoms with E-state index in [0.29, 0.717) is 5.92 Å². The standard InChI is InChI=1S/C17H24O/c1-13-6-5-7-14(12-13)16(18)17(10-11-17)15-8-3-2-4-9-15/h2-4,8-9,13-14,16,18H,5-7,10-12H2,1H3. The van der Waals surface area contributed by atoms with Gasteiger partial charge in [-0.05, 0) is 43.1 Å². The molecule has 3 rings (SSSR count). The smallest absolute Gasteiger partial charge is 0.0665 e. The number of hydrogen-bond acceptors (Lipinski definition) is 1. The zero-order chi connectivity index (χ0) is 12.6. The fourth-order valence-corrected chi connectivity index (χ4v) is 3.88. The van der Waals surface area contributed by atoms with Gasteiger partial charge in [0, 0.05) is 5.41 Å². The Kier molecular flexibility index (Phi) is 3.19. The lowest BCUT2D eigenvalue weighted by Gasteiger charge is -2.35. The van der Waals surface area contributed by atoms with Crippen LogP contribution in [0.1, 0.15) is 51.0 Å². The maximum absolute atomic E-state index is 10.8.